The second kappa shape index (κ2) is 6.68. The number of hydrogen-bond acceptors (Lipinski definition) is 3. The Morgan fingerprint density at radius 3 is 2.74 bits per heavy atom. The highest BCUT2D eigenvalue weighted by Crippen LogP contribution is 2.07. The lowest BCUT2D eigenvalue weighted by atomic mass is 10.2. The summed E-state index contributed by atoms with van der Waals surface area (Å²) in [6.07, 6.45) is 5.33. The SMILES string of the molecule is CC(C)CNCc1ccc(Cn2cc(Cl)cn2)nc1. The van der Waals surface area contributed by atoms with Gasteiger partial charge in [0.2, 0.25) is 0 Å². The van der Waals surface area contributed by atoms with E-state index in [4.69, 9.17) is 11.6 Å². The van der Waals surface area contributed by atoms with Crippen LogP contribution >= 0.6 is 11.6 Å². The predicted molar refractivity (Wildman–Crippen MR) is 77.1 cm³/mol. The molecule has 2 aromatic heterocycles. The lowest BCUT2D eigenvalue weighted by Crippen LogP contribution is -2.19. The van der Waals surface area contributed by atoms with Crippen LogP contribution in [-0.2, 0) is 13.1 Å². The van der Waals surface area contributed by atoms with E-state index in [9.17, 15) is 0 Å². The molecule has 0 radical (unpaired) electrons. The van der Waals surface area contributed by atoms with Gasteiger partial charge in [-0.25, -0.2) is 0 Å². The zero-order valence-corrected chi connectivity index (χ0v) is 12.1. The van der Waals surface area contributed by atoms with Gasteiger partial charge in [0.1, 0.15) is 0 Å². The molecule has 2 aromatic rings. The Balaban J connectivity index is 1.87. The smallest absolute Gasteiger partial charge is 0.0831 e. The average molecular weight is 279 g/mol. The van der Waals surface area contributed by atoms with Crippen molar-refractivity contribution in [3.63, 3.8) is 0 Å². The van der Waals surface area contributed by atoms with E-state index in [1.807, 2.05) is 12.3 Å². The molecule has 0 saturated carbocycles. The quantitative estimate of drug-likeness (QED) is 0.883. The van der Waals surface area contributed by atoms with Crippen LogP contribution in [0.2, 0.25) is 5.02 Å². The van der Waals surface area contributed by atoms with E-state index in [2.05, 4.69) is 35.3 Å². The maximum atomic E-state index is 5.82. The average Bonchev–Trinajstić information content (AvgIpc) is 2.77. The molecule has 102 valence electrons. The maximum Gasteiger partial charge on any atom is 0.0831 e. The molecule has 19 heavy (non-hydrogen) atoms. The van der Waals surface area contributed by atoms with E-state index in [-0.39, 0.29) is 0 Å². The summed E-state index contributed by atoms with van der Waals surface area (Å²) in [7, 11) is 0. The zero-order chi connectivity index (χ0) is 13.7. The summed E-state index contributed by atoms with van der Waals surface area (Å²) in [6, 6.07) is 4.13. The highest BCUT2D eigenvalue weighted by Gasteiger charge is 2.00. The lowest BCUT2D eigenvalue weighted by Gasteiger charge is -2.07. The van der Waals surface area contributed by atoms with Crippen molar-refractivity contribution in [2.75, 3.05) is 6.54 Å². The maximum absolute atomic E-state index is 5.82. The zero-order valence-electron chi connectivity index (χ0n) is 11.3. The molecule has 2 rings (SSSR count). The Morgan fingerprint density at radius 1 is 1.32 bits per heavy atom. The molecule has 0 aliphatic rings. The first-order valence-corrected chi connectivity index (χ1v) is 6.84. The van der Waals surface area contributed by atoms with Gasteiger partial charge in [0.25, 0.3) is 0 Å². The van der Waals surface area contributed by atoms with Gasteiger partial charge in [0.15, 0.2) is 0 Å². The molecule has 0 aliphatic carbocycles. The Kier molecular flexibility index (Phi) is 4.93. The first kappa shape index (κ1) is 14.0. The fourth-order valence-electron chi connectivity index (χ4n) is 1.75. The van der Waals surface area contributed by atoms with Crippen LogP contribution in [0.1, 0.15) is 25.1 Å². The second-order valence-corrected chi connectivity index (χ2v) is 5.48. The molecule has 0 atom stereocenters. The summed E-state index contributed by atoms with van der Waals surface area (Å²) in [5, 5.41) is 8.18. The van der Waals surface area contributed by atoms with E-state index in [0.717, 1.165) is 18.8 Å². The fourth-order valence-corrected chi connectivity index (χ4v) is 1.91. The topological polar surface area (TPSA) is 42.7 Å². The molecule has 0 unspecified atom stereocenters. The molecule has 0 aliphatic heterocycles. The number of hydrogen-bond donors (Lipinski definition) is 1. The number of nitrogens with zero attached hydrogens (tertiary/aromatic N) is 3. The molecular weight excluding hydrogens is 260 g/mol. The summed E-state index contributed by atoms with van der Waals surface area (Å²) in [4.78, 5) is 4.44. The predicted octanol–water partition coefficient (Wildman–Crippen LogP) is 2.73. The molecule has 0 aromatic carbocycles. The standard InChI is InChI=1S/C14H19ClN4/c1-11(2)5-16-6-12-3-4-14(17-7-12)10-19-9-13(15)8-18-19/h3-4,7-9,11,16H,5-6,10H2,1-2H3. The van der Waals surface area contributed by atoms with Crippen molar-refractivity contribution in [1.29, 1.82) is 0 Å². The Labute approximate surface area is 118 Å². The molecule has 0 bridgehead atoms. The number of aromatic nitrogens is 3. The first-order chi connectivity index (χ1) is 9.13. The van der Waals surface area contributed by atoms with Gasteiger partial charge in [-0.1, -0.05) is 31.5 Å². The minimum absolute atomic E-state index is 0.645. The summed E-state index contributed by atoms with van der Waals surface area (Å²) in [5.41, 5.74) is 2.18. The molecule has 1 N–H and O–H groups in total. The van der Waals surface area contributed by atoms with Crippen molar-refractivity contribution in [2.24, 2.45) is 5.92 Å². The van der Waals surface area contributed by atoms with Crippen molar-refractivity contribution in [3.8, 4) is 0 Å². The Bertz CT molecular complexity index is 504. The van der Waals surface area contributed by atoms with Crippen LogP contribution in [0, 0.1) is 5.92 Å². The van der Waals surface area contributed by atoms with E-state index >= 15 is 0 Å². The van der Waals surface area contributed by atoms with E-state index in [1.165, 1.54) is 5.56 Å². The van der Waals surface area contributed by atoms with Gasteiger partial charge in [-0.15, -0.1) is 0 Å². The van der Waals surface area contributed by atoms with E-state index < -0.39 is 0 Å². The molecule has 0 spiro atoms. The molecule has 0 fully saturated rings. The largest absolute Gasteiger partial charge is 0.312 e. The van der Waals surface area contributed by atoms with Crippen LogP contribution in [0.15, 0.2) is 30.7 Å². The fraction of sp³-hybridized carbons (Fsp3) is 0.429. The van der Waals surface area contributed by atoms with Crippen molar-refractivity contribution in [1.82, 2.24) is 20.1 Å². The highest BCUT2D eigenvalue weighted by atomic mass is 35.5. The third-order valence-electron chi connectivity index (χ3n) is 2.69. The first-order valence-electron chi connectivity index (χ1n) is 6.46. The molecule has 5 heteroatoms. The summed E-state index contributed by atoms with van der Waals surface area (Å²) in [5.74, 6) is 0.664. The third kappa shape index (κ3) is 4.65. The van der Waals surface area contributed by atoms with Crippen LogP contribution in [0.5, 0.6) is 0 Å². The van der Waals surface area contributed by atoms with Gasteiger partial charge in [0.05, 0.1) is 23.5 Å². The van der Waals surface area contributed by atoms with Gasteiger partial charge in [-0.3, -0.25) is 9.67 Å². The Morgan fingerprint density at radius 2 is 2.16 bits per heavy atom. The van der Waals surface area contributed by atoms with Crippen molar-refractivity contribution < 1.29 is 0 Å². The number of rotatable bonds is 6. The molecule has 0 saturated heterocycles. The monoisotopic (exact) mass is 278 g/mol. The van der Waals surface area contributed by atoms with E-state index in [1.54, 1.807) is 17.1 Å². The summed E-state index contributed by atoms with van der Waals surface area (Å²) in [6.45, 7) is 6.92. The normalized spacial score (nSPS) is 11.2. The van der Waals surface area contributed by atoms with Gasteiger partial charge < -0.3 is 5.32 Å². The lowest BCUT2D eigenvalue weighted by molar-refractivity contribution is 0.551. The number of halogens is 1. The third-order valence-corrected chi connectivity index (χ3v) is 2.89. The number of nitrogens with one attached hydrogen (secondary N) is 1. The van der Waals surface area contributed by atoms with Crippen LogP contribution in [-0.4, -0.2) is 21.3 Å². The van der Waals surface area contributed by atoms with Gasteiger partial charge >= 0.3 is 0 Å². The number of pyridine rings is 1. The molecule has 2 heterocycles. The van der Waals surface area contributed by atoms with Crippen molar-refractivity contribution in [3.05, 3.63) is 47.0 Å². The van der Waals surface area contributed by atoms with Crippen molar-refractivity contribution in [2.45, 2.75) is 26.9 Å². The summed E-state index contributed by atoms with van der Waals surface area (Å²) >= 11 is 5.82. The van der Waals surface area contributed by atoms with Crippen molar-refractivity contribution >= 4 is 11.6 Å². The van der Waals surface area contributed by atoms with Gasteiger partial charge in [0, 0.05) is 18.9 Å². The van der Waals surface area contributed by atoms with Crippen LogP contribution in [0.4, 0.5) is 0 Å². The van der Waals surface area contributed by atoms with Crippen LogP contribution in [0.3, 0.4) is 0 Å². The highest BCUT2D eigenvalue weighted by molar-refractivity contribution is 6.30. The minimum atomic E-state index is 0.645. The van der Waals surface area contributed by atoms with Crippen LogP contribution < -0.4 is 5.32 Å². The summed E-state index contributed by atoms with van der Waals surface area (Å²) < 4.78 is 1.78. The molecule has 0 amide bonds. The van der Waals surface area contributed by atoms with Gasteiger partial charge in [-0.05, 0) is 24.1 Å². The van der Waals surface area contributed by atoms with Gasteiger partial charge in [-0.2, -0.15) is 5.10 Å². The van der Waals surface area contributed by atoms with E-state index in [0.29, 0.717) is 17.5 Å². The molecular formula is C14H19ClN4. The van der Waals surface area contributed by atoms with Crippen LogP contribution in [0.25, 0.3) is 0 Å². The second-order valence-electron chi connectivity index (χ2n) is 5.04. The minimum Gasteiger partial charge on any atom is -0.312 e. The Hall–Kier alpha value is -1.39. The molecule has 4 nitrogen and oxygen atoms in total.